The molecule has 1 atom stereocenters. The number of fused-ring (bicyclic) bond motifs is 1. The van der Waals surface area contributed by atoms with Gasteiger partial charge in [0.1, 0.15) is 6.54 Å². The minimum absolute atomic E-state index is 0.0652. The van der Waals surface area contributed by atoms with Crippen LogP contribution in [0.5, 0.6) is 0 Å². The Hall–Kier alpha value is -2.67. The van der Waals surface area contributed by atoms with Crippen molar-refractivity contribution in [3.8, 4) is 0 Å². The third-order valence-corrected chi connectivity index (χ3v) is 5.60. The van der Waals surface area contributed by atoms with Crippen molar-refractivity contribution < 1.29 is 4.79 Å². The first-order chi connectivity index (χ1) is 12.1. The summed E-state index contributed by atoms with van der Waals surface area (Å²) in [5.74, 6) is -0.149. The third kappa shape index (κ3) is 2.80. The fourth-order valence-electron chi connectivity index (χ4n) is 3.43. The van der Waals surface area contributed by atoms with E-state index in [1.54, 1.807) is 35.6 Å². The van der Waals surface area contributed by atoms with E-state index in [9.17, 15) is 14.4 Å². The van der Waals surface area contributed by atoms with E-state index in [0.29, 0.717) is 17.3 Å². The Labute approximate surface area is 147 Å². The summed E-state index contributed by atoms with van der Waals surface area (Å²) in [4.78, 5) is 40.5. The summed E-state index contributed by atoms with van der Waals surface area (Å²) in [7, 11) is 0. The molecule has 0 saturated carbocycles. The van der Waals surface area contributed by atoms with E-state index in [0.717, 1.165) is 22.4 Å². The largest absolute Gasteiger partial charge is 0.333 e. The molecular formula is C18H17N3O3S. The van der Waals surface area contributed by atoms with E-state index in [2.05, 4.69) is 5.10 Å². The van der Waals surface area contributed by atoms with Gasteiger partial charge in [-0.1, -0.05) is 18.2 Å². The molecule has 6 nitrogen and oxygen atoms in total. The van der Waals surface area contributed by atoms with Gasteiger partial charge in [0, 0.05) is 11.4 Å². The van der Waals surface area contributed by atoms with Crippen LogP contribution in [0, 0.1) is 0 Å². The predicted octanol–water partition coefficient (Wildman–Crippen LogP) is 2.11. The fourth-order valence-corrected chi connectivity index (χ4v) is 4.30. The first-order valence-corrected chi connectivity index (χ1v) is 9.08. The Bertz CT molecular complexity index is 1040. The number of aromatic amines is 1. The number of nitrogens with zero attached hydrogens (tertiary/aromatic N) is 2. The summed E-state index contributed by atoms with van der Waals surface area (Å²) < 4.78 is 1.12. The minimum atomic E-state index is -0.362. The summed E-state index contributed by atoms with van der Waals surface area (Å²) in [6, 6.07) is 10.7. The third-order valence-electron chi connectivity index (χ3n) is 4.62. The van der Waals surface area contributed by atoms with Crippen LogP contribution < -0.4 is 11.1 Å². The van der Waals surface area contributed by atoms with Crippen LogP contribution in [0.1, 0.15) is 23.8 Å². The molecule has 3 heterocycles. The molecule has 4 rings (SSSR count). The van der Waals surface area contributed by atoms with Gasteiger partial charge in [-0.25, -0.2) is 4.68 Å². The van der Waals surface area contributed by atoms with E-state index in [1.807, 2.05) is 22.4 Å². The van der Waals surface area contributed by atoms with Crippen molar-refractivity contribution in [1.29, 1.82) is 0 Å². The Kier molecular flexibility index (Phi) is 4.01. The van der Waals surface area contributed by atoms with Crippen LogP contribution in [-0.4, -0.2) is 27.1 Å². The summed E-state index contributed by atoms with van der Waals surface area (Å²) in [5.41, 5.74) is -0.713. The van der Waals surface area contributed by atoms with Gasteiger partial charge in [0.15, 0.2) is 0 Å². The lowest BCUT2D eigenvalue weighted by Gasteiger charge is -2.24. The van der Waals surface area contributed by atoms with Crippen molar-refractivity contribution in [2.75, 3.05) is 6.54 Å². The van der Waals surface area contributed by atoms with Crippen LogP contribution in [0.25, 0.3) is 10.8 Å². The molecule has 7 heteroatoms. The normalized spacial score (nSPS) is 17.3. The number of hydrogen-bond donors (Lipinski definition) is 1. The summed E-state index contributed by atoms with van der Waals surface area (Å²) in [6.07, 6.45) is 1.87. The highest BCUT2D eigenvalue weighted by molar-refractivity contribution is 7.10. The number of amides is 1. The topological polar surface area (TPSA) is 75.2 Å². The standard InChI is InChI=1S/C18H17N3O3S/c22-16(20-9-3-7-14(20)15-8-4-10-25-15)11-21-18(24)13-6-2-1-5-12(13)17(23)19-21/h1-2,4-6,8,10,14H,3,7,9,11H2,(H,19,23)/t14-/m1/s1. The first-order valence-electron chi connectivity index (χ1n) is 8.20. The van der Waals surface area contributed by atoms with E-state index >= 15 is 0 Å². The highest BCUT2D eigenvalue weighted by Crippen LogP contribution is 2.34. The molecule has 128 valence electrons. The van der Waals surface area contributed by atoms with Crippen molar-refractivity contribution in [1.82, 2.24) is 14.7 Å². The number of carbonyl (C=O) groups is 1. The monoisotopic (exact) mass is 355 g/mol. The van der Waals surface area contributed by atoms with E-state index in [4.69, 9.17) is 0 Å². The molecule has 0 bridgehead atoms. The highest BCUT2D eigenvalue weighted by Gasteiger charge is 2.30. The maximum absolute atomic E-state index is 12.8. The number of rotatable bonds is 3. The van der Waals surface area contributed by atoms with Gasteiger partial charge in [-0.3, -0.25) is 19.5 Å². The van der Waals surface area contributed by atoms with Crippen molar-refractivity contribution in [3.05, 3.63) is 67.4 Å². The van der Waals surface area contributed by atoms with Gasteiger partial charge in [-0.15, -0.1) is 11.3 Å². The number of nitrogens with one attached hydrogen (secondary N) is 1. The van der Waals surface area contributed by atoms with Gasteiger partial charge in [-0.05, 0) is 36.4 Å². The average molecular weight is 355 g/mol. The smallest absolute Gasteiger partial charge is 0.273 e. The Morgan fingerprint density at radius 1 is 1.16 bits per heavy atom. The van der Waals surface area contributed by atoms with Crippen molar-refractivity contribution >= 4 is 28.0 Å². The summed E-state index contributed by atoms with van der Waals surface area (Å²) >= 11 is 1.63. The molecule has 1 aliphatic rings. The molecule has 1 N–H and O–H groups in total. The van der Waals surface area contributed by atoms with Gasteiger partial charge >= 0.3 is 0 Å². The molecule has 2 aromatic heterocycles. The van der Waals surface area contributed by atoms with Crippen molar-refractivity contribution in [2.45, 2.75) is 25.4 Å². The maximum atomic E-state index is 12.8. The molecule has 3 aromatic rings. The second-order valence-corrected chi connectivity index (χ2v) is 7.12. The number of likely N-dealkylation sites (tertiary alicyclic amines) is 1. The number of thiophene rings is 1. The maximum Gasteiger partial charge on any atom is 0.273 e. The SMILES string of the molecule is O=C(Cn1[nH]c(=O)c2ccccc2c1=O)N1CCC[C@@H]1c1cccs1. The van der Waals surface area contributed by atoms with Crippen LogP contribution in [0.2, 0.25) is 0 Å². The average Bonchev–Trinajstić information content (AvgIpc) is 3.30. The van der Waals surface area contributed by atoms with Gasteiger partial charge in [-0.2, -0.15) is 0 Å². The lowest BCUT2D eigenvalue weighted by molar-refractivity contribution is -0.133. The number of carbonyl (C=O) groups excluding carboxylic acids is 1. The molecule has 0 aliphatic carbocycles. The number of benzene rings is 1. The molecule has 0 spiro atoms. The molecule has 25 heavy (non-hydrogen) atoms. The molecule has 1 aromatic carbocycles. The lowest BCUT2D eigenvalue weighted by Crippen LogP contribution is -2.38. The van der Waals surface area contributed by atoms with Crippen LogP contribution in [0.3, 0.4) is 0 Å². The molecule has 1 saturated heterocycles. The molecular weight excluding hydrogens is 338 g/mol. The number of H-pyrrole nitrogens is 1. The zero-order valence-electron chi connectivity index (χ0n) is 13.5. The van der Waals surface area contributed by atoms with Crippen LogP contribution in [0.4, 0.5) is 0 Å². The number of hydrogen-bond acceptors (Lipinski definition) is 4. The van der Waals surface area contributed by atoms with Gasteiger partial charge in [0.05, 0.1) is 16.8 Å². The molecule has 0 radical (unpaired) electrons. The molecule has 1 fully saturated rings. The first kappa shape index (κ1) is 15.8. The Morgan fingerprint density at radius 2 is 1.96 bits per heavy atom. The van der Waals surface area contributed by atoms with Crippen LogP contribution in [-0.2, 0) is 11.3 Å². The van der Waals surface area contributed by atoms with E-state index in [1.165, 1.54) is 0 Å². The van der Waals surface area contributed by atoms with Crippen LogP contribution >= 0.6 is 11.3 Å². The lowest BCUT2D eigenvalue weighted by atomic mass is 10.2. The highest BCUT2D eigenvalue weighted by atomic mass is 32.1. The summed E-state index contributed by atoms with van der Waals surface area (Å²) in [6.45, 7) is 0.523. The second kappa shape index (κ2) is 6.33. The fraction of sp³-hybridized carbons (Fsp3) is 0.278. The van der Waals surface area contributed by atoms with Gasteiger partial charge in [0.2, 0.25) is 5.91 Å². The Morgan fingerprint density at radius 3 is 2.72 bits per heavy atom. The second-order valence-electron chi connectivity index (χ2n) is 6.14. The van der Waals surface area contributed by atoms with Crippen molar-refractivity contribution in [2.24, 2.45) is 0 Å². The van der Waals surface area contributed by atoms with Crippen LogP contribution in [0.15, 0.2) is 51.4 Å². The van der Waals surface area contributed by atoms with E-state index < -0.39 is 0 Å². The summed E-state index contributed by atoms with van der Waals surface area (Å²) in [5, 5.41) is 5.20. The zero-order chi connectivity index (χ0) is 17.4. The van der Waals surface area contributed by atoms with Gasteiger partial charge in [0.25, 0.3) is 11.1 Å². The number of aromatic nitrogens is 2. The van der Waals surface area contributed by atoms with Gasteiger partial charge < -0.3 is 4.90 Å². The predicted molar refractivity (Wildman–Crippen MR) is 96.8 cm³/mol. The minimum Gasteiger partial charge on any atom is -0.333 e. The zero-order valence-corrected chi connectivity index (χ0v) is 14.3. The van der Waals surface area contributed by atoms with Crippen molar-refractivity contribution in [3.63, 3.8) is 0 Å². The molecule has 0 unspecified atom stereocenters. The Balaban J connectivity index is 1.65. The quantitative estimate of drug-likeness (QED) is 0.782. The molecule has 1 aliphatic heterocycles. The van der Waals surface area contributed by atoms with E-state index in [-0.39, 0.29) is 29.6 Å². The molecule has 1 amide bonds.